The van der Waals surface area contributed by atoms with E-state index in [9.17, 15) is 0 Å². The van der Waals surface area contributed by atoms with E-state index < -0.39 is 0 Å². The molecule has 0 aliphatic rings. The van der Waals surface area contributed by atoms with Crippen LogP contribution < -0.4 is 0 Å². The average molecular weight is 469 g/mol. The molecule has 0 aliphatic heterocycles. The third-order valence-electron chi connectivity index (χ3n) is 5.03. The van der Waals surface area contributed by atoms with Gasteiger partial charge in [-0.2, -0.15) is 0 Å². The first kappa shape index (κ1) is 39.1. The molecule has 0 bridgehead atoms. The fraction of sp³-hybridized carbons (Fsp3) is 0.529. The van der Waals surface area contributed by atoms with E-state index in [0.29, 0.717) is 5.92 Å². The third kappa shape index (κ3) is 43.7. The fourth-order valence-corrected chi connectivity index (χ4v) is 2.11. The van der Waals surface area contributed by atoms with E-state index in [0.717, 1.165) is 43.3 Å². The highest BCUT2D eigenvalue weighted by atomic mass is 14.1. The molecule has 0 amide bonds. The van der Waals surface area contributed by atoms with Gasteiger partial charge in [-0.25, -0.2) is 0 Å². The Balaban J connectivity index is -0.000000179. The largest absolute Gasteiger partial charge is 0.103 e. The molecule has 0 aromatic heterocycles. The summed E-state index contributed by atoms with van der Waals surface area (Å²) in [7, 11) is 0. The maximum atomic E-state index is 3.90. The molecule has 0 spiro atoms. The van der Waals surface area contributed by atoms with Gasteiger partial charge in [-0.1, -0.05) is 85.1 Å². The topological polar surface area (TPSA) is 0 Å². The Labute approximate surface area is 216 Å². The first-order chi connectivity index (χ1) is 15.6. The third-order valence-corrected chi connectivity index (χ3v) is 5.03. The van der Waals surface area contributed by atoms with Crippen LogP contribution in [0.1, 0.15) is 113 Å². The van der Waals surface area contributed by atoms with Crippen molar-refractivity contribution in [3.8, 4) is 0 Å². The minimum Gasteiger partial charge on any atom is -0.103 e. The van der Waals surface area contributed by atoms with E-state index in [1.807, 2.05) is 26.8 Å². The lowest BCUT2D eigenvalue weighted by Gasteiger charge is -2.09. The molecule has 0 heteroatoms. The van der Waals surface area contributed by atoms with Crippen molar-refractivity contribution in [3.05, 3.63) is 97.7 Å². The summed E-state index contributed by atoms with van der Waals surface area (Å²) in [5, 5.41) is 0. The number of rotatable bonds is 14. The van der Waals surface area contributed by atoms with Crippen molar-refractivity contribution >= 4 is 0 Å². The van der Waals surface area contributed by atoms with Crippen molar-refractivity contribution in [1.29, 1.82) is 0 Å². The molecule has 0 saturated carbocycles. The van der Waals surface area contributed by atoms with Gasteiger partial charge in [0.25, 0.3) is 0 Å². The summed E-state index contributed by atoms with van der Waals surface area (Å²) in [6.45, 7) is 47.1. The Hall–Kier alpha value is -2.08. The normalized spacial score (nSPS) is 9.88. The molecule has 34 heavy (non-hydrogen) atoms. The maximum absolute atomic E-state index is 3.90. The van der Waals surface area contributed by atoms with Gasteiger partial charge in [-0.3, -0.25) is 0 Å². The highest BCUT2D eigenvalue weighted by molar-refractivity contribution is 5.23. The highest BCUT2D eigenvalue weighted by Gasteiger charge is 2.00. The van der Waals surface area contributed by atoms with Gasteiger partial charge >= 0.3 is 0 Å². The summed E-state index contributed by atoms with van der Waals surface area (Å²) in [5.41, 5.74) is 8.53. The predicted molar refractivity (Wildman–Crippen MR) is 165 cm³/mol. The summed E-state index contributed by atoms with van der Waals surface area (Å²) in [5.74, 6) is 0.650. The number of unbranched alkanes of at least 4 members (excludes halogenated alkanes) is 1. The lowest BCUT2D eigenvalue weighted by Crippen LogP contribution is -1.94. The van der Waals surface area contributed by atoms with Crippen LogP contribution in [0.2, 0.25) is 0 Å². The van der Waals surface area contributed by atoms with E-state index in [-0.39, 0.29) is 0 Å². The Morgan fingerprint density at radius 1 is 0.647 bits per heavy atom. The second kappa shape index (κ2) is 27.2. The van der Waals surface area contributed by atoms with E-state index in [4.69, 9.17) is 0 Å². The molecule has 0 heterocycles. The second-order valence-electron chi connectivity index (χ2n) is 9.93. The van der Waals surface area contributed by atoms with Crippen LogP contribution in [0, 0.1) is 5.92 Å². The van der Waals surface area contributed by atoms with Gasteiger partial charge in [0.05, 0.1) is 0 Å². The van der Waals surface area contributed by atoms with Crippen LogP contribution >= 0.6 is 0 Å². The first-order valence-electron chi connectivity index (χ1n) is 12.8. The van der Waals surface area contributed by atoms with Crippen LogP contribution in [0.25, 0.3) is 0 Å². The zero-order valence-corrected chi connectivity index (χ0v) is 24.7. The second-order valence-corrected chi connectivity index (χ2v) is 9.93. The van der Waals surface area contributed by atoms with Crippen molar-refractivity contribution in [2.45, 2.75) is 113 Å². The van der Waals surface area contributed by atoms with E-state index in [2.05, 4.69) is 87.3 Å². The van der Waals surface area contributed by atoms with E-state index in [1.54, 1.807) is 0 Å². The average Bonchev–Trinajstić information content (AvgIpc) is 2.73. The Bertz CT molecular complexity index is 635. The van der Waals surface area contributed by atoms with E-state index in [1.165, 1.54) is 53.5 Å². The van der Waals surface area contributed by atoms with Crippen LogP contribution in [-0.2, 0) is 0 Å². The monoisotopic (exact) mass is 468 g/mol. The lowest BCUT2D eigenvalue weighted by molar-refractivity contribution is 0.613. The zero-order chi connectivity index (χ0) is 27.7. The van der Waals surface area contributed by atoms with Crippen molar-refractivity contribution < 1.29 is 0 Å². The maximum Gasteiger partial charge on any atom is -0.0234 e. The molecule has 0 aromatic carbocycles. The quantitative estimate of drug-likeness (QED) is 0.175. The Kier molecular flexibility index (Phi) is 31.3. The molecular weight excluding hydrogens is 408 g/mol. The van der Waals surface area contributed by atoms with Crippen LogP contribution in [-0.4, -0.2) is 0 Å². The van der Waals surface area contributed by atoms with Crippen molar-refractivity contribution in [3.63, 3.8) is 0 Å². The molecule has 0 aromatic rings. The molecule has 196 valence electrons. The molecule has 0 saturated heterocycles. The minimum absolute atomic E-state index is 0.650. The molecule has 1 atom stereocenters. The minimum atomic E-state index is 0.650. The summed E-state index contributed by atoms with van der Waals surface area (Å²) in [6, 6.07) is 0. The highest BCUT2D eigenvalue weighted by Crippen LogP contribution is 2.16. The van der Waals surface area contributed by atoms with Gasteiger partial charge in [0.15, 0.2) is 0 Å². The van der Waals surface area contributed by atoms with Crippen LogP contribution in [0.15, 0.2) is 97.7 Å². The van der Waals surface area contributed by atoms with Gasteiger partial charge in [0.2, 0.25) is 0 Å². The van der Waals surface area contributed by atoms with Crippen LogP contribution in [0.4, 0.5) is 0 Å². The number of hydrogen-bond donors (Lipinski definition) is 0. The van der Waals surface area contributed by atoms with Gasteiger partial charge in [-0.15, -0.1) is 32.9 Å². The Morgan fingerprint density at radius 3 is 1.32 bits per heavy atom. The summed E-state index contributed by atoms with van der Waals surface area (Å²) >= 11 is 0. The van der Waals surface area contributed by atoms with Crippen molar-refractivity contribution in [2.75, 3.05) is 0 Å². The molecule has 0 rings (SSSR count). The fourth-order valence-electron chi connectivity index (χ4n) is 2.11. The smallest absolute Gasteiger partial charge is 0.0234 e. The summed E-state index contributed by atoms with van der Waals surface area (Å²) in [6.07, 6.45) is 12.2. The molecule has 0 aliphatic carbocycles. The van der Waals surface area contributed by atoms with Gasteiger partial charge in [0.1, 0.15) is 0 Å². The molecule has 0 N–H and O–H groups in total. The molecular formula is C34H60. The molecule has 0 fully saturated rings. The standard InChI is InChI=1S/C10H18.C10H16.C7H14.C7H12/c2*1-8(2)6-7-10(5)9(3)4;2*1-4-5-6-7(2)3/h10H,1,3,6-7H2,2,4-5H3;1,3,5-7H2,2,4H3;2,4-6H2,1,3H3;4H,1-2,5-6H2,3H3/t10-;;;/m0.../s1. The predicted octanol–water partition coefficient (Wildman–Crippen LogP) is 12.3. The lowest BCUT2D eigenvalue weighted by atomic mass is 9.97. The van der Waals surface area contributed by atoms with Crippen LogP contribution in [0.5, 0.6) is 0 Å². The number of allylic oxidation sites excluding steroid dienone is 8. The van der Waals surface area contributed by atoms with Crippen LogP contribution in [0.3, 0.4) is 0 Å². The zero-order valence-electron chi connectivity index (χ0n) is 24.7. The van der Waals surface area contributed by atoms with Gasteiger partial charge in [0, 0.05) is 0 Å². The Morgan fingerprint density at radius 2 is 1.09 bits per heavy atom. The van der Waals surface area contributed by atoms with Gasteiger partial charge < -0.3 is 0 Å². The number of hydrogen-bond acceptors (Lipinski definition) is 0. The first-order valence-corrected chi connectivity index (χ1v) is 12.8. The van der Waals surface area contributed by atoms with Gasteiger partial charge in [-0.05, 0) is 98.8 Å². The van der Waals surface area contributed by atoms with Crippen molar-refractivity contribution in [1.82, 2.24) is 0 Å². The molecule has 0 radical (unpaired) electrons. The summed E-state index contributed by atoms with van der Waals surface area (Å²) in [4.78, 5) is 0. The van der Waals surface area contributed by atoms with E-state index >= 15 is 0 Å². The summed E-state index contributed by atoms with van der Waals surface area (Å²) < 4.78 is 0. The molecule has 0 nitrogen and oxygen atoms in total. The SMILES string of the molecule is C=C(C)CCC(=C)C(=C)C.C=C(C)CCCC.C=C(C)CC[C@H](C)C(=C)C.C=CCCC(=C)C. The van der Waals surface area contributed by atoms with Crippen molar-refractivity contribution in [2.24, 2.45) is 5.92 Å². The molecule has 0 unspecified atom stereocenters.